The van der Waals surface area contributed by atoms with Crippen LogP contribution in [0, 0.1) is 11.8 Å². The predicted octanol–water partition coefficient (Wildman–Crippen LogP) is 2.49. The van der Waals surface area contributed by atoms with Crippen LogP contribution < -0.4 is 21.3 Å². The van der Waals surface area contributed by atoms with Crippen LogP contribution in [0.25, 0.3) is 0 Å². The molecule has 9 nitrogen and oxygen atoms in total. The summed E-state index contributed by atoms with van der Waals surface area (Å²) in [6.07, 6.45) is 2.19. The molecule has 0 aliphatic heterocycles. The second-order valence-corrected chi connectivity index (χ2v) is 9.62. The Morgan fingerprint density at radius 3 is 2.03 bits per heavy atom. The number of alkyl carbamates (subject to hydrolysis) is 1. The first kappa shape index (κ1) is 29.7. The molecular formula is C23H44N4O5. The largest absolute Gasteiger partial charge is 0.444 e. The number of rotatable bonds is 13. The number of nitrogens with one attached hydrogen (secondary N) is 4. The molecule has 0 aromatic rings. The van der Waals surface area contributed by atoms with Gasteiger partial charge in [-0.3, -0.25) is 14.4 Å². The molecule has 9 heteroatoms. The van der Waals surface area contributed by atoms with Crippen LogP contribution in [0.15, 0.2) is 0 Å². The smallest absolute Gasteiger partial charge is 0.408 e. The lowest BCUT2D eigenvalue weighted by molar-refractivity contribution is -0.132. The van der Waals surface area contributed by atoms with Gasteiger partial charge in [-0.15, -0.1) is 0 Å². The van der Waals surface area contributed by atoms with Crippen molar-refractivity contribution in [2.75, 3.05) is 13.1 Å². The van der Waals surface area contributed by atoms with Gasteiger partial charge in [0.1, 0.15) is 17.7 Å². The number of hydrogen-bond acceptors (Lipinski definition) is 5. The molecule has 0 aliphatic rings. The molecule has 0 aromatic heterocycles. The zero-order valence-corrected chi connectivity index (χ0v) is 21.1. The summed E-state index contributed by atoms with van der Waals surface area (Å²) < 4.78 is 5.28. The van der Waals surface area contributed by atoms with Crippen molar-refractivity contribution in [2.45, 2.75) is 98.8 Å². The van der Waals surface area contributed by atoms with E-state index < -0.39 is 35.6 Å². The van der Waals surface area contributed by atoms with Gasteiger partial charge in [-0.05, 0) is 45.4 Å². The van der Waals surface area contributed by atoms with Gasteiger partial charge in [0.25, 0.3) is 0 Å². The Balaban J connectivity index is 5.16. The molecular weight excluding hydrogens is 412 g/mol. The number of amides is 4. The molecule has 0 aromatic carbocycles. The molecule has 0 saturated heterocycles. The molecule has 0 bridgehead atoms. The van der Waals surface area contributed by atoms with Crippen molar-refractivity contribution in [3.8, 4) is 0 Å². The van der Waals surface area contributed by atoms with Gasteiger partial charge in [-0.2, -0.15) is 0 Å². The minimum Gasteiger partial charge on any atom is -0.444 e. The Morgan fingerprint density at radius 1 is 0.906 bits per heavy atom. The van der Waals surface area contributed by atoms with Crippen LogP contribution >= 0.6 is 0 Å². The molecule has 186 valence electrons. The molecule has 4 amide bonds. The third-order valence-corrected chi connectivity index (χ3v) is 4.78. The molecule has 0 unspecified atom stereocenters. The number of carbonyl (C=O) groups is 4. The number of carbonyl (C=O) groups excluding carboxylic acids is 4. The van der Waals surface area contributed by atoms with Crippen LogP contribution in [0.4, 0.5) is 4.79 Å². The first-order valence-electron chi connectivity index (χ1n) is 11.6. The highest BCUT2D eigenvalue weighted by Crippen LogP contribution is 2.13. The maximum Gasteiger partial charge on any atom is 0.408 e. The van der Waals surface area contributed by atoms with Crippen molar-refractivity contribution in [3.05, 3.63) is 0 Å². The summed E-state index contributed by atoms with van der Waals surface area (Å²) in [5.74, 6) is -1.21. The SMILES string of the molecule is CCCCNC(=O)CNC(=O)[C@H](CC(C)C)NC(=O)[C@@H](NC(=O)OC(C)(C)C)[C@@H](C)CC. The van der Waals surface area contributed by atoms with Gasteiger partial charge in [0.2, 0.25) is 17.7 Å². The van der Waals surface area contributed by atoms with Gasteiger partial charge in [-0.1, -0.05) is 47.5 Å². The summed E-state index contributed by atoms with van der Waals surface area (Å²) in [6, 6.07) is -1.67. The zero-order chi connectivity index (χ0) is 24.9. The minimum absolute atomic E-state index is 0.130. The highest BCUT2D eigenvalue weighted by Gasteiger charge is 2.31. The van der Waals surface area contributed by atoms with E-state index in [4.69, 9.17) is 4.74 Å². The van der Waals surface area contributed by atoms with E-state index in [2.05, 4.69) is 21.3 Å². The fraction of sp³-hybridized carbons (Fsp3) is 0.826. The van der Waals surface area contributed by atoms with Gasteiger partial charge in [0.05, 0.1) is 6.54 Å². The highest BCUT2D eigenvalue weighted by atomic mass is 16.6. The summed E-state index contributed by atoms with van der Waals surface area (Å²) >= 11 is 0. The molecule has 0 saturated carbocycles. The first-order valence-corrected chi connectivity index (χ1v) is 11.6. The Morgan fingerprint density at radius 2 is 1.53 bits per heavy atom. The van der Waals surface area contributed by atoms with Crippen molar-refractivity contribution in [3.63, 3.8) is 0 Å². The lowest BCUT2D eigenvalue weighted by atomic mass is 9.97. The van der Waals surface area contributed by atoms with Crippen molar-refractivity contribution in [1.82, 2.24) is 21.3 Å². The average molecular weight is 457 g/mol. The van der Waals surface area contributed by atoms with Gasteiger partial charge in [0, 0.05) is 6.54 Å². The van der Waals surface area contributed by atoms with E-state index in [1.54, 1.807) is 20.8 Å². The maximum atomic E-state index is 13.0. The number of unbranched alkanes of at least 4 members (excludes halogenated alkanes) is 1. The van der Waals surface area contributed by atoms with Gasteiger partial charge in [0.15, 0.2) is 0 Å². The maximum absolute atomic E-state index is 13.0. The van der Waals surface area contributed by atoms with Crippen LogP contribution in [-0.4, -0.2) is 54.6 Å². The normalized spacial score (nSPS) is 14.2. The minimum atomic E-state index is -0.852. The Hall–Kier alpha value is -2.32. The van der Waals surface area contributed by atoms with Crippen LogP contribution in [0.5, 0.6) is 0 Å². The van der Waals surface area contributed by atoms with E-state index in [9.17, 15) is 19.2 Å². The molecule has 4 N–H and O–H groups in total. The second kappa shape index (κ2) is 14.7. The van der Waals surface area contributed by atoms with Gasteiger partial charge >= 0.3 is 6.09 Å². The lowest BCUT2D eigenvalue weighted by Crippen LogP contribution is -2.56. The third kappa shape index (κ3) is 13.2. The summed E-state index contributed by atoms with van der Waals surface area (Å²) in [5, 5.41) is 10.7. The van der Waals surface area contributed by atoms with Crippen molar-refractivity contribution in [2.24, 2.45) is 11.8 Å². The van der Waals surface area contributed by atoms with Crippen LogP contribution in [0.3, 0.4) is 0 Å². The summed E-state index contributed by atoms with van der Waals surface area (Å²) in [5.41, 5.74) is -0.696. The van der Waals surface area contributed by atoms with E-state index >= 15 is 0 Å². The quantitative estimate of drug-likeness (QED) is 0.317. The molecule has 0 fully saturated rings. The number of hydrogen-bond donors (Lipinski definition) is 4. The highest BCUT2D eigenvalue weighted by molar-refractivity contribution is 5.93. The van der Waals surface area contributed by atoms with Crippen LogP contribution in [-0.2, 0) is 19.1 Å². The average Bonchev–Trinajstić information content (AvgIpc) is 2.67. The predicted molar refractivity (Wildman–Crippen MR) is 125 cm³/mol. The number of ether oxygens (including phenoxy) is 1. The van der Waals surface area contributed by atoms with Crippen molar-refractivity contribution >= 4 is 23.8 Å². The Bertz CT molecular complexity index is 616. The second-order valence-electron chi connectivity index (χ2n) is 9.62. The van der Waals surface area contributed by atoms with Crippen LogP contribution in [0.1, 0.15) is 81.1 Å². The Kier molecular flexibility index (Phi) is 13.6. The van der Waals surface area contributed by atoms with Crippen molar-refractivity contribution < 1.29 is 23.9 Å². The van der Waals surface area contributed by atoms with E-state index in [0.717, 1.165) is 12.8 Å². The van der Waals surface area contributed by atoms with Crippen molar-refractivity contribution in [1.29, 1.82) is 0 Å². The summed E-state index contributed by atoms with van der Waals surface area (Å²) in [6.45, 7) is 15.3. The molecule has 0 heterocycles. The molecule has 3 atom stereocenters. The van der Waals surface area contributed by atoms with Gasteiger partial charge in [-0.25, -0.2) is 4.79 Å². The molecule has 0 aliphatic carbocycles. The monoisotopic (exact) mass is 456 g/mol. The van der Waals surface area contributed by atoms with E-state index in [0.29, 0.717) is 19.4 Å². The molecule has 32 heavy (non-hydrogen) atoms. The topological polar surface area (TPSA) is 126 Å². The summed E-state index contributed by atoms with van der Waals surface area (Å²) in [4.78, 5) is 49.8. The van der Waals surface area contributed by atoms with Gasteiger partial charge < -0.3 is 26.0 Å². The van der Waals surface area contributed by atoms with E-state index in [1.807, 2.05) is 34.6 Å². The fourth-order valence-corrected chi connectivity index (χ4v) is 2.86. The summed E-state index contributed by atoms with van der Waals surface area (Å²) in [7, 11) is 0. The van der Waals surface area contributed by atoms with E-state index in [1.165, 1.54) is 0 Å². The van der Waals surface area contributed by atoms with E-state index in [-0.39, 0.29) is 24.3 Å². The molecule has 0 rings (SSSR count). The lowest BCUT2D eigenvalue weighted by Gasteiger charge is -2.28. The Labute approximate surface area is 193 Å². The first-order chi connectivity index (χ1) is 14.8. The zero-order valence-electron chi connectivity index (χ0n) is 21.1. The molecule has 0 radical (unpaired) electrons. The fourth-order valence-electron chi connectivity index (χ4n) is 2.86. The van der Waals surface area contributed by atoms with Crippen LogP contribution in [0.2, 0.25) is 0 Å². The third-order valence-electron chi connectivity index (χ3n) is 4.78. The standard InChI is InChI=1S/C23H44N4O5/c1-9-11-12-24-18(28)14-25-20(29)17(13-15(3)4)26-21(30)19(16(5)10-2)27-22(31)32-23(6,7)8/h15-17,19H,9-14H2,1-8H3,(H,24,28)(H,25,29)(H,26,30)(H,27,31)/t16-,17-,19-/m0/s1. The molecule has 0 spiro atoms.